The highest BCUT2D eigenvalue weighted by Crippen LogP contribution is 2.34. The van der Waals surface area contributed by atoms with E-state index in [1.54, 1.807) is 11.8 Å². The van der Waals surface area contributed by atoms with E-state index in [0.717, 1.165) is 40.9 Å². The largest absolute Gasteiger partial charge is 0.382 e. The molecule has 3 rings (SSSR count). The summed E-state index contributed by atoms with van der Waals surface area (Å²) in [5, 5.41) is 8.21. The van der Waals surface area contributed by atoms with Crippen LogP contribution in [0.1, 0.15) is 24.1 Å². The van der Waals surface area contributed by atoms with Gasteiger partial charge in [0.05, 0.1) is 11.6 Å². The molecule has 1 unspecified atom stereocenters. The van der Waals surface area contributed by atoms with Gasteiger partial charge in [-0.3, -0.25) is 9.78 Å². The lowest BCUT2D eigenvalue weighted by Gasteiger charge is -2.22. The lowest BCUT2D eigenvalue weighted by atomic mass is 9.92. The number of carbonyl (C=O) groups is 1. The van der Waals surface area contributed by atoms with Gasteiger partial charge >= 0.3 is 0 Å². The number of hydrogen-bond donors (Lipinski definition) is 3. The maximum Gasteiger partial charge on any atom is 0.237 e. The van der Waals surface area contributed by atoms with E-state index in [1.165, 1.54) is 18.4 Å². The van der Waals surface area contributed by atoms with Gasteiger partial charge in [-0.15, -0.1) is 6.58 Å². The number of nitrogens with zero attached hydrogens (tertiary/aromatic N) is 1. The van der Waals surface area contributed by atoms with Crippen molar-refractivity contribution in [2.45, 2.75) is 31.7 Å². The van der Waals surface area contributed by atoms with Crippen LogP contribution in [-0.4, -0.2) is 41.5 Å². The molecular formula is C21H27ClN4OS. The van der Waals surface area contributed by atoms with E-state index in [-0.39, 0.29) is 5.91 Å². The zero-order valence-corrected chi connectivity index (χ0v) is 17.5. The Morgan fingerprint density at radius 2 is 2.18 bits per heavy atom. The number of amides is 1. The van der Waals surface area contributed by atoms with E-state index >= 15 is 0 Å². The second kappa shape index (κ2) is 10.1. The summed E-state index contributed by atoms with van der Waals surface area (Å²) in [4.78, 5) is 16.9. The summed E-state index contributed by atoms with van der Waals surface area (Å²) >= 11 is 7.77. The number of nitrogens with two attached hydrogens (primary N) is 1. The van der Waals surface area contributed by atoms with Crippen molar-refractivity contribution in [2.24, 2.45) is 5.73 Å². The molecule has 1 amide bonds. The van der Waals surface area contributed by atoms with Crippen LogP contribution in [0.4, 0.5) is 5.69 Å². The zero-order valence-electron chi connectivity index (χ0n) is 16.0. The molecule has 4 N–H and O–H groups in total. The Morgan fingerprint density at radius 3 is 3.00 bits per heavy atom. The Balaban J connectivity index is 1.64. The van der Waals surface area contributed by atoms with Crippen LogP contribution in [0.3, 0.4) is 0 Å². The van der Waals surface area contributed by atoms with Crippen molar-refractivity contribution in [2.75, 3.05) is 29.9 Å². The van der Waals surface area contributed by atoms with Gasteiger partial charge in [0, 0.05) is 46.4 Å². The van der Waals surface area contributed by atoms with Crippen molar-refractivity contribution in [3.05, 3.63) is 47.1 Å². The maximum absolute atomic E-state index is 12.1. The Hall–Kier alpha value is -1.76. The lowest BCUT2D eigenvalue weighted by Crippen LogP contribution is -2.43. The first kappa shape index (κ1) is 21.0. The third kappa shape index (κ3) is 5.19. The highest BCUT2D eigenvalue weighted by molar-refractivity contribution is 7.99. The number of aryl methyl sites for hydroxylation is 1. The van der Waals surface area contributed by atoms with Crippen LogP contribution in [0.2, 0.25) is 5.02 Å². The van der Waals surface area contributed by atoms with Crippen molar-refractivity contribution < 1.29 is 4.79 Å². The van der Waals surface area contributed by atoms with Gasteiger partial charge in [0.1, 0.15) is 0 Å². The Labute approximate surface area is 175 Å². The van der Waals surface area contributed by atoms with Gasteiger partial charge < -0.3 is 16.4 Å². The Bertz CT molecular complexity index is 858. The summed E-state index contributed by atoms with van der Waals surface area (Å²) in [6.07, 6.45) is 6.19. The third-order valence-electron chi connectivity index (χ3n) is 4.82. The fraction of sp³-hybridized carbons (Fsp3) is 0.429. The normalized spacial score (nSPS) is 14.4. The van der Waals surface area contributed by atoms with Gasteiger partial charge in [-0.05, 0) is 49.4 Å². The summed E-state index contributed by atoms with van der Waals surface area (Å²) in [7, 11) is 0. The van der Waals surface area contributed by atoms with E-state index < -0.39 is 6.04 Å². The number of benzene rings is 1. The van der Waals surface area contributed by atoms with Crippen LogP contribution in [0.5, 0.6) is 0 Å². The number of thioether (sulfide) groups is 1. The van der Waals surface area contributed by atoms with Crippen molar-refractivity contribution in [3.63, 3.8) is 0 Å². The number of aromatic nitrogens is 1. The summed E-state index contributed by atoms with van der Waals surface area (Å²) in [5.74, 6) is 1.27. The van der Waals surface area contributed by atoms with Crippen molar-refractivity contribution in [1.29, 1.82) is 0 Å². The van der Waals surface area contributed by atoms with Crippen molar-refractivity contribution >= 4 is 45.9 Å². The molecule has 0 radical (unpaired) electrons. The van der Waals surface area contributed by atoms with Crippen LogP contribution < -0.4 is 16.4 Å². The number of nitrogens with one attached hydrogen (secondary N) is 2. The molecule has 1 aliphatic carbocycles. The molecule has 0 saturated carbocycles. The van der Waals surface area contributed by atoms with E-state index in [9.17, 15) is 4.79 Å². The number of pyridine rings is 1. The molecule has 0 fully saturated rings. The van der Waals surface area contributed by atoms with Gasteiger partial charge in [0.2, 0.25) is 5.91 Å². The molecule has 5 nitrogen and oxygen atoms in total. The minimum absolute atomic E-state index is 0.119. The van der Waals surface area contributed by atoms with E-state index in [1.807, 2.05) is 24.3 Å². The lowest BCUT2D eigenvalue weighted by molar-refractivity contribution is -0.121. The van der Waals surface area contributed by atoms with Crippen LogP contribution in [0, 0.1) is 0 Å². The number of fused-ring (bicyclic) bond motifs is 2. The summed E-state index contributed by atoms with van der Waals surface area (Å²) in [6.45, 7) is 4.82. The molecule has 1 aromatic heterocycles. The van der Waals surface area contributed by atoms with E-state index in [0.29, 0.717) is 23.9 Å². The first-order valence-electron chi connectivity index (χ1n) is 9.67. The molecule has 1 aliphatic rings. The zero-order chi connectivity index (χ0) is 19.9. The number of rotatable bonds is 9. The second-order valence-electron chi connectivity index (χ2n) is 6.93. The molecule has 28 heavy (non-hydrogen) atoms. The highest BCUT2D eigenvalue weighted by atomic mass is 35.5. The van der Waals surface area contributed by atoms with Crippen molar-refractivity contribution in [1.82, 2.24) is 10.3 Å². The van der Waals surface area contributed by atoms with Crippen LogP contribution in [0.15, 0.2) is 30.9 Å². The van der Waals surface area contributed by atoms with Gasteiger partial charge in [0.15, 0.2) is 0 Å². The second-order valence-corrected chi connectivity index (χ2v) is 8.44. The van der Waals surface area contributed by atoms with Crippen LogP contribution in [-0.2, 0) is 17.6 Å². The molecule has 150 valence electrons. The topological polar surface area (TPSA) is 80.0 Å². The summed E-state index contributed by atoms with van der Waals surface area (Å²) in [6, 6.07) is 5.33. The average molecular weight is 419 g/mol. The van der Waals surface area contributed by atoms with Gasteiger partial charge in [0.25, 0.3) is 0 Å². The molecule has 0 saturated heterocycles. The Kier molecular flexibility index (Phi) is 7.59. The average Bonchev–Trinajstić information content (AvgIpc) is 2.70. The Morgan fingerprint density at radius 1 is 1.36 bits per heavy atom. The fourth-order valence-corrected chi connectivity index (χ4v) is 4.33. The molecule has 0 bridgehead atoms. The number of hydrogen-bond acceptors (Lipinski definition) is 5. The third-order valence-corrected chi connectivity index (χ3v) is 6.12. The predicted molar refractivity (Wildman–Crippen MR) is 120 cm³/mol. The van der Waals surface area contributed by atoms with Gasteiger partial charge in [-0.2, -0.15) is 11.8 Å². The standard InChI is InChI=1S/C21H27ClN4OS/c1-2-11-28-13-17(23)21(27)25-10-9-24-20-15-5-3-4-6-18(15)26-19-12-14(22)7-8-16(19)20/h2,7-8,12,17H,1,3-6,9-11,13,23H2,(H,24,26)(H,25,27). The molecule has 2 aromatic rings. The van der Waals surface area contributed by atoms with Crippen LogP contribution in [0.25, 0.3) is 10.9 Å². The number of carbonyl (C=O) groups excluding carboxylic acids is 1. The maximum atomic E-state index is 12.1. The van der Waals surface area contributed by atoms with Crippen LogP contribution >= 0.6 is 23.4 Å². The van der Waals surface area contributed by atoms with Crippen molar-refractivity contribution in [3.8, 4) is 0 Å². The minimum Gasteiger partial charge on any atom is -0.382 e. The predicted octanol–water partition coefficient (Wildman–Crippen LogP) is 3.54. The molecule has 1 aromatic carbocycles. The molecule has 0 spiro atoms. The minimum atomic E-state index is -0.499. The molecule has 0 aliphatic heterocycles. The summed E-state index contributed by atoms with van der Waals surface area (Å²) in [5.41, 5.74) is 10.4. The smallest absolute Gasteiger partial charge is 0.237 e. The highest BCUT2D eigenvalue weighted by Gasteiger charge is 2.18. The van der Waals surface area contributed by atoms with E-state index in [4.69, 9.17) is 22.3 Å². The van der Waals surface area contributed by atoms with Gasteiger partial charge in [-0.1, -0.05) is 17.7 Å². The fourth-order valence-electron chi connectivity index (χ4n) is 3.46. The monoisotopic (exact) mass is 418 g/mol. The molecule has 1 heterocycles. The van der Waals surface area contributed by atoms with E-state index in [2.05, 4.69) is 17.2 Å². The SMILES string of the molecule is C=CCSCC(N)C(=O)NCCNc1c2c(nc3cc(Cl)ccc13)CCCC2. The number of anilines is 1. The number of halogens is 1. The van der Waals surface area contributed by atoms with Gasteiger partial charge in [-0.25, -0.2) is 0 Å². The molecule has 1 atom stereocenters. The first-order valence-corrected chi connectivity index (χ1v) is 11.2. The summed E-state index contributed by atoms with van der Waals surface area (Å²) < 4.78 is 0. The first-order chi connectivity index (χ1) is 13.6. The molecular weight excluding hydrogens is 392 g/mol. The molecule has 7 heteroatoms. The quantitative estimate of drug-likeness (QED) is 0.428.